The van der Waals surface area contributed by atoms with Crippen LogP contribution in [0.4, 0.5) is 5.69 Å². The van der Waals surface area contributed by atoms with Crippen LogP contribution in [0.5, 0.6) is 0 Å². The van der Waals surface area contributed by atoms with Crippen molar-refractivity contribution in [2.24, 2.45) is 0 Å². The highest BCUT2D eigenvalue weighted by Gasteiger charge is 2.14. The molecule has 0 aliphatic carbocycles. The fourth-order valence-corrected chi connectivity index (χ4v) is 2.88. The Labute approximate surface area is 158 Å². The second-order valence-corrected chi connectivity index (χ2v) is 6.48. The van der Waals surface area contributed by atoms with Crippen molar-refractivity contribution in [3.8, 4) is 5.95 Å². The number of aromatic amines is 1. The molecule has 3 aromatic heterocycles. The van der Waals surface area contributed by atoms with E-state index < -0.39 is 5.97 Å². The first-order valence-electron chi connectivity index (χ1n) is 8.42. The third-order valence-electron chi connectivity index (χ3n) is 4.30. The minimum atomic E-state index is -1.11. The van der Waals surface area contributed by atoms with Gasteiger partial charge in [0.25, 0.3) is 5.56 Å². The van der Waals surface area contributed by atoms with Gasteiger partial charge in [0.15, 0.2) is 11.2 Å². The number of carboxylic acids is 1. The van der Waals surface area contributed by atoms with Gasteiger partial charge in [-0.2, -0.15) is 10.1 Å². The van der Waals surface area contributed by atoms with Crippen LogP contribution in [0.1, 0.15) is 15.9 Å². The van der Waals surface area contributed by atoms with Crippen LogP contribution in [0, 0.1) is 0 Å². The van der Waals surface area contributed by atoms with Gasteiger partial charge in [-0.3, -0.25) is 9.78 Å². The fraction of sp³-hybridized carbons (Fsp3) is 0.167. The Bertz CT molecular complexity index is 1240. The highest BCUT2D eigenvalue weighted by Crippen LogP contribution is 2.16. The standard InChI is InChI=1S/C18H17N7O3/c1-23(2)13-5-3-4-11(6-13)8-24-10-19-15-14(24)16(26)22-18(21-15)25-9-12(7-20-25)17(27)28/h3-7,9-10H,8H2,1-2H3,(H,27,28)(H,21,22,26). The van der Waals surface area contributed by atoms with Gasteiger partial charge in [0, 0.05) is 32.5 Å². The molecular formula is C18H17N7O3. The predicted octanol–water partition coefficient (Wildman–Crippen LogP) is 1.12. The van der Waals surface area contributed by atoms with Gasteiger partial charge >= 0.3 is 5.97 Å². The molecule has 0 unspecified atom stereocenters. The number of carbonyl (C=O) groups is 1. The summed E-state index contributed by atoms with van der Waals surface area (Å²) >= 11 is 0. The van der Waals surface area contributed by atoms with Crippen molar-refractivity contribution in [3.63, 3.8) is 0 Å². The number of aromatic nitrogens is 6. The number of imidazole rings is 1. The van der Waals surface area contributed by atoms with Crippen LogP contribution >= 0.6 is 0 Å². The number of hydrogen-bond donors (Lipinski definition) is 2. The van der Waals surface area contributed by atoms with Crippen molar-refractivity contribution < 1.29 is 9.90 Å². The smallest absolute Gasteiger partial charge is 0.338 e. The lowest BCUT2D eigenvalue weighted by Gasteiger charge is -2.13. The van der Waals surface area contributed by atoms with E-state index in [1.807, 2.05) is 43.3 Å². The SMILES string of the molecule is CN(C)c1cccc(Cn2cnc3nc(-n4cc(C(=O)O)cn4)[nH]c(=O)c32)c1. The Morgan fingerprint density at radius 1 is 1.32 bits per heavy atom. The number of hydrogen-bond acceptors (Lipinski definition) is 6. The van der Waals surface area contributed by atoms with Crippen LogP contribution in [0.15, 0.2) is 47.8 Å². The number of rotatable bonds is 5. The van der Waals surface area contributed by atoms with E-state index in [2.05, 4.69) is 20.1 Å². The van der Waals surface area contributed by atoms with Crippen LogP contribution in [0.2, 0.25) is 0 Å². The molecule has 0 saturated heterocycles. The summed E-state index contributed by atoms with van der Waals surface area (Å²) in [6.07, 6.45) is 4.02. The molecular weight excluding hydrogens is 362 g/mol. The Hall–Kier alpha value is -3.95. The molecule has 0 aliphatic heterocycles. The number of nitrogens with one attached hydrogen (secondary N) is 1. The molecule has 3 heterocycles. The van der Waals surface area contributed by atoms with Gasteiger partial charge in [0.2, 0.25) is 5.95 Å². The lowest BCUT2D eigenvalue weighted by molar-refractivity contribution is 0.0697. The molecule has 4 rings (SSSR count). The average Bonchev–Trinajstić information content (AvgIpc) is 3.30. The molecule has 0 saturated carbocycles. The summed E-state index contributed by atoms with van der Waals surface area (Å²) in [7, 11) is 3.93. The van der Waals surface area contributed by atoms with Gasteiger partial charge in [-0.1, -0.05) is 12.1 Å². The van der Waals surface area contributed by atoms with E-state index >= 15 is 0 Å². The van der Waals surface area contributed by atoms with Crippen molar-refractivity contribution in [2.75, 3.05) is 19.0 Å². The van der Waals surface area contributed by atoms with Crippen LogP contribution < -0.4 is 10.5 Å². The molecule has 0 fully saturated rings. The second kappa shape index (κ2) is 6.65. The monoisotopic (exact) mass is 379 g/mol. The number of anilines is 1. The van der Waals surface area contributed by atoms with Crippen molar-refractivity contribution in [1.29, 1.82) is 0 Å². The molecule has 0 bridgehead atoms. The minimum Gasteiger partial charge on any atom is -0.478 e. The molecule has 10 nitrogen and oxygen atoms in total. The summed E-state index contributed by atoms with van der Waals surface area (Å²) in [5.74, 6) is -1.01. The maximum Gasteiger partial charge on any atom is 0.338 e. The molecule has 10 heteroatoms. The zero-order valence-corrected chi connectivity index (χ0v) is 15.2. The van der Waals surface area contributed by atoms with E-state index in [0.717, 1.165) is 11.3 Å². The molecule has 0 radical (unpaired) electrons. The Morgan fingerprint density at radius 2 is 2.14 bits per heavy atom. The van der Waals surface area contributed by atoms with E-state index in [9.17, 15) is 9.59 Å². The summed E-state index contributed by atoms with van der Waals surface area (Å²) in [6.45, 7) is 0.465. The van der Waals surface area contributed by atoms with Crippen LogP contribution in [-0.4, -0.2) is 54.5 Å². The number of aromatic carboxylic acids is 1. The zero-order valence-electron chi connectivity index (χ0n) is 15.2. The van der Waals surface area contributed by atoms with Crippen LogP contribution in [0.25, 0.3) is 17.1 Å². The van der Waals surface area contributed by atoms with Gasteiger partial charge in [-0.25, -0.2) is 14.5 Å². The van der Waals surface area contributed by atoms with E-state index in [-0.39, 0.29) is 22.7 Å². The Morgan fingerprint density at radius 3 is 2.86 bits per heavy atom. The summed E-state index contributed by atoms with van der Waals surface area (Å²) in [5, 5.41) is 12.9. The van der Waals surface area contributed by atoms with Gasteiger partial charge < -0.3 is 14.6 Å². The molecule has 4 aromatic rings. The van der Waals surface area contributed by atoms with E-state index in [4.69, 9.17) is 5.11 Å². The molecule has 0 atom stereocenters. The largest absolute Gasteiger partial charge is 0.478 e. The number of fused-ring (bicyclic) bond motifs is 1. The topological polar surface area (TPSA) is 122 Å². The lowest BCUT2D eigenvalue weighted by atomic mass is 10.2. The average molecular weight is 379 g/mol. The van der Waals surface area contributed by atoms with Gasteiger partial charge in [-0.05, 0) is 17.7 Å². The molecule has 2 N–H and O–H groups in total. The zero-order chi connectivity index (χ0) is 19.8. The van der Waals surface area contributed by atoms with E-state index in [0.29, 0.717) is 12.1 Å². The first kappa shape index (κ1) is 17.5. The van der Waals surface area contributed by atoms with Crippen molar-refractivity contribution >= 4 is 22.8 Å². The fourth-order valence-electron chi connectivity index (χ4n) is 2.88. The Kier molecular flexibility index (Phi) is 4.15. The molecule has 28 heavy (non-hydrogen) atoms. The van der Waals surface area contributed by atoms with Gasteiger partial charge in [0.05, 0.1) is 18.1 Å². The van der Waals surface area contributed by atoms with E-state index in [1.165, 1.54) is 17.1 Å². The highest BCUT2D eigenvalue weighted by atomic mass is 16.4. The van der Waals surface area contributed by atoms with Crippen LogP contribution in [-0.2, 0) is 6.54 Å². The molecule has 0 aliphatic rings. The first-order chi connectivity index (χ1) is 13.4. The van der Waals surface area contributed by atoms with Crippen molar-refractivity contribution in [2.45, 2.75) is 6.54 Å². The molecule has 1 aromatic carbocycles. The van der Waals surface area contributed by atoms with Crippen molar-refractivity contribution in [3.05, 3.63) is 64.5 Å². The summed E-state index contributed by atoms with van der Waals surface area (Å²) < 4.78 is 2.93. The predicted molar refractivity (Wildman–Crippen MR) is 102 cm³/mol. The maximum atomic E-state index is 12.6. The minimum absolute atomic E-state index is 0.00551. The number of nitrogens with zero attached hydrogens (tertiary/aromatic N) is 6. The lowest BCUT2D eigenvalue weighted by Crippen LogP contribution is -2.16. The first-order valence-corrected chi connectivity index (χ1v) is 8.42. The second-order valence-electron chi connectivity index (χ2n) is 6.48. The molecule has 0 amide bonds. The van der Waals surface area contributed by atoms with Crippen molar-refractivity contribution in [1.82, 2.24) is 29.3 Å². The van der Waals surface area contributed by atoms with E-state index in [1.54, 1.807) is 10.9 Å². The number of carboxylic acid groups (broad SMARTS) is 1. The number of H-pyrrole nitrogens is 1. The Balaban J connectivity index is 1.71. The summed E-state index contributed by atoms with van der Waals surface area (Å²) in [4.78, 5) is 36.8. The normalized spacial score (nSPS) is 11.1. The third kappa shape index (κ3) is 3.11. The maximum absolute atomic E-state index is 12.6. The van der Waals surface area contributed by atoms with Gasteiger partial charge in [-0.15, -0.1) is 0 Å². The highest BCUT2D eigenvalue weighted by molar-refractivity contribution is 5.86. The summed E-state index contributed by atoms with van der Waals surface area (Å²) in [6, 6.07) is 7.98. The third-order valence-corrected chi connectivity index (χ3v) is 4.30. The van der Waals surface area contributed by atoms with Crippen LogP contribution in [0.3, 0.4) is 0 Å². The molecule has 142 valence electrons. The molecule has 0 spiro atoms. The van der Waals surface area contributed by atoms with Gasteiger partial charge in [0.1, 0.15) is 0 Å². The quantitative estimate of drug-likeness (QED) is 0.533. The summed E-state index contributed by atoms with van der Waals surface area (Å²) in [5.41, 5.74) is 2.29. The number of benzene rings is 1.